The molecule has 3 heteroatoms. The molecule has 0 aliphatic carbocycles. The number of nitrogens with one attached hydrogen (secondary N) is 1. The quantitative estimate of drug-likeness (QED) is 0.772. The Morgan fingerprint density at radius 1 is 0.960 bits per heavy atom. The molecule has 1 aliphatic heterocycles. The fourth-order valence-corrected chi connectivity index (χ4v) is 3.37. The molecule has 134 valence electrons. The van der Waals surface area contributed by atoms with Gasteiger partial charge in [-0.15, -0.1) is 0 Å². The highest BCUT2D eigenvalue weighted by Gasteiger charge is 2.18. The molecule has 0 saturated carbocycles. The second-order valence-corrected chi connectivity index (χ2v) is 7.07. The average molecular weight is 338 g/mol. The van der Waals surface area contributed by atoms with Gasteiger partial charge in [-0.2, -0.15) is 0 Å². The second-order valence-electron chi connectivity index (χ2n) is 7.07. The summed E-state index contributed by atoms with van der Waals surface area (Å²) in [5, 5.41) is 3.67. The fourth-order valence-electron chi connectivity index (χ4n) is 3.37. The topological polar surface area (TPSA) is 24.5 Å². The van der Waals surface area contributed by atoms with Crippen molar-refractivity contribution in [1.29, 1.82) is 0 Å². The van der Waals surface area contributed by atoms with Gasteiger partial charge in [-0.3, -0.25) is 4.90 Å². The molecule has 1 N–H and O–H groups in total. The van der Waals surface area contributed by atoms with Crippen molar-refractivity contribution in [2.75, 3.05) is 19.6 Å². The summed E-state index contributed by atoms with van der Waals surface area (Å²) in [5.41, 5.74) is 2.50. The lowest BCUT2D eigenvalue weighted by Crippen LogP contribution is -2.39. The van der Waals surface area contributed by atoms with Crippen molar-refractivity contribution in [2.24, 2.45) is 0 Å². The van der Waals surface area contributed by atoms with Crippen LogP contribution in [0.3, 0.4) is 0 Å². The number of hydrogen-bond donors (Lipinski definition) is 1. The van der Waals surface area contributed by atoms with Crippen LogP contribution in [-0.2, 0) is 6.61 Å². The zero-order valence-electron chi connectivity index (χ0n) is 15.4. The summed E-state index contributed by atoms with van der Waals surface area (Å²) >= 11 is 0. The summed E-state index contributed by atoms with van der Waals surface area (Å²) < 4.78 is 5.87. The monoisotopic (exact) mass is 338 g/mol. The van der Waals surface area contributed by atoms with Crippen LogP contribution in [0, 0.1) is 0 Å². The summed E-state index contributed by atoms with van der Waals surface area (Å²) in [6.07, 6.45) is 2.70. The van der Waals surface area contributed by atoms with Crippen LogP contribution in [0.4, 0.5) is 0 Å². The predicted octanol–water partition coefficient (Wildman–Crippen LogP) is 4.40. The van der Waals surface area contributed by atoms with Gasteiger partial charge in [-0.25, -0.2) is 0 Å². The van der Waals surface area contributed by atoms with Crippen molar-refractivity contribution in [3.05, 3.63) is 65.7 Å². The van der Waals surface area contributed by atoms with Gasteiger partial charge in [0.15, 0.2) is 0 Å². The van der Waals surface area contributed by atoms with E-state index in [2.05, 4.69) is 60.5 Å². The average Bonchev–Trinajstić information content (AvgIpc) is 3.20. The number of ether oxygens (including phenoxy) is 1. The lowest BCUT2D eigenvalue weighted by Gasteiger charge is -2.26. The molecule has 0 amide bonds. The molecule has 2 atom stereocenters. The predicted molar refractivity (Wildman–Crippen MR) is 104 cm³/mol. The molecule has 3 rings (SSSR count). The Morgan fingerprint density at radius 2 is 1.64 bits per heavy atom. The third-order valence-electron chi connectivity index (χ3n) is 5.11. The number of nitrogens with zero attached hydrogens (tertiary/aromatic N) is 1. The normalized spacial score (nSPS) is 17.4. The third-order valence-corrected chi connectivity index (χ3v) is 5.11. The van der Waals surface area contributed by atoms with Crippen LogP contribution in [0.5, 0.6) is 5.75 Å². The number of likely N-dealkylation sites (tertiary alicyclic amines) is 1. The van der Waals surface area contributed by atoms with Crippen LogP contribution in [0.1, 0.15) is 43.9 Å². The third kappa shape index (κ3) is 5.32. The first-order valence-corrected chi connectivity index (χ1v) is 9.46. The van der Waals surface area contributed by atoms with Gasteiger partial charge < -0.3 is 10.1 Å². The standard InChI is InChI=1S/C22H30N2O/c1-18(24-14-6-7-15-24)16-23-19(2)21-10-12-22(13-11-21)25-17-20-8-4-3-5-9-20/h3-5,8-13,18-19,23H,6-7,14-17H2,1-2H3. The molecule has 1 fully saturated rings. The molecule has 25 heavy (non-hydrogen) atoms. The molecule has 1 aliphatic rings. The summed E-state index contributed by atoms with van der Waals surface area (Å²) in [6.45, 7) is 8.71. The Morgan fingerprint density at radius 3 is 2.32 bits per heavy atom. The molecule has 0 spiro atoms. The van der Waals surface area contributed by atoms with Crippen LogP contribution < -0.4 is 10.1 Å². The maximum Gasteiger partial charge on any atom is 0.119 e. The highest BCUT2D eigenvalue weighted by atomic mass is 16.5. The van der Waals surface area contributed by atoms with E-state index in [9.17, 15) is 0 Å². The van der Waals surface area contributed by atoms with Crippen LogP contribution in [0.25, 0.3) is 0 Å². The molecule has 2 aromatic rings. The highest BCUT2D eigenvalue weighted by Crippen LogP contribution is 2.19. The van der Waals surface area contributed by atoms with Gasteiger partial charge in [0.1, 0.15) is 12.4 Å². The Bertz CT molecular complexity index is 620. The van der Waals surface area contributed by atoms with E-state index in [0.717, 1.165) is 12.3 Å². The smallest absolute Gasteiger partial charge is 0.119 e. The van der Waals surface area contributed by atoms with E-state index in [-0.39, 0.29) is 0 Å². The summed E-state index contributed by atoms with van der Waals surface area (Å²) in [6, 6.07) is 19.7. The number of rotatable bonds is 8. The van der Waals surface area contributed by atoms with E-state index >= 15 is 0 Å². The first-order chi connectivity index (χ1) is 12.2. The minimum Gasteiger partial charge on any atom is -0.489 e. The largest absolute Gasteiger partial charge is 0.489 e. The molecule has 0 bridgehead atoms. The van der Waals surface area contributed by atoms with Crippen molar-refractivity contribution in [2.45, 2.75) is 45.4 Å². The van der Waals surface area contributed by atoms with Crippen molar-refractivity contribution in [3.63, 3.8) is 0 Å². The van der Waals surface area contributed by atoms with E-state index in [0.29, 0.717) is 18.7 Å². The maximum atomic E-state index is 5.87. The second kappa shape index (κ2) is 9.02. The lowest BCUT2D eigenvalue weighted by atomic mass is 10.1. The zero-order valence-corrected chi connectivity index (χ0v) is 15.4. The zero-order chi connectivity index (χ0) is 17.5. The fraction of sp³-hybridized carbons (Fsp3) is 0.455. The van der Waals surface area contributed by atoms with Gasteiger partial charge in [-0.05, 0) is 63.0 Å². The molecule has 3 nitrogen and oxygen atoms in total. The molecular formula is C22H30N2O. The van der Waals surface area contributed by atoms with Gasteiger partial charge in [0.2, 0.25) is 0 Å². The van der Waals surface area contributed by atoms with Crippen molar-refractivity contribution in [3.8, 4) is 5.75 Å². The van der Waals surface area contributed by atoms with E-state index < -0.39 is 0 Å². The van der Waals surface area contributed by atoms with E-state index in [1.54, 1.807) is 0 Å². The Hall–Kier alpha value is -1.84. The molecule has 0 aromatic heterocycles. The van der Waals surface area contributed by atoms with Gasteiger partial charge >= 0.3 is 0 Å². The van der Waals surface area contributed by atoms with E-state index in [1.807, 2.05) is 18.2 Å². The van der Waals surface area contributed by atoms with E-state index in [1.165, 1.54) is 37.1 Å². The molecule has 2 unspecified atom stereocenters. The van der Waals surface area contributed by atoms with Gasteiger partial charge in [0, 0.05) is 18.6 Å². The number of hydrogen-bond acceptors (Lipinski definition) is 3. The highest BCUT2D eigenvalue weighted by molar-refractivity contribution is 5.29. The summed E-state index contributed by atoms with van der Waals surface area (Å²) in [4.78, 5) is 2.58. The molecule has 2 aromatic carbocycles. The van der Waals surface area contributed by atoms with Gasteiger partial charge in [-0.1, -0.05) is 42.5 Å². The maximum absolute atomic E-state index is 5.87. The van der Waals surface area contributed by atoms with Crippen LogP contribution in [0.2, 0.25) is 0 Å². The van der Waals surface area contributed by atoms with Crippen LogP contribution in [-0.4, -0.2) is 30.6 Å². The number of benzene rings is 2. The van der Waals surface area contributed by atoms with Crippen LogP contribution >= 0.6 is 0 Å². The molecule has 1 saturated heterocycles. The van der Waals surface area contributed by atoms with Crippen molar-refractivity contribution in [1.82, 2.24) is 10.2 Å². The Labute approximate surface area is 152 Å². The lowest BCUT2D eigenvalue weighted by molar-refractivity contribution is 0.247. The van der Waals surface area contributed by atoms with Gasteiger partial charge in [0.05, 0.1) is 0 Å². The van der Waals surface area contributed by atoms with Crippen molar-refractivity contribution < 1.29 is 4.74 Å². The van der Waals surface area contributed by atoms with Crippen LogP contribution in [0.15, 0.2) is 54.6 Å². The first kappa shape index (κ1) is 18.0. The Kier molecular flexibility index (Phi) is 6.48. The minimum absolute atomic E-state index is 0.355. The summed E-state index contributed by atoms with van der Waals surface area (Å²) in [5.74, 6) is 0.922. The SMILES string of the molecule is CC(NCC(C)N1CCCC1)c1ccc(OCc2ccccc2)cc1. The van der Waals surface area contributed by atoms with Gasteiger partial charge in [0.25, 0.3) is 0 Å². The molecule has 1 heterocycles. The van der Waals surface area contributed by atoms with Crippen molar-refractivity contribution >= 4 is 0 Å². The first-order valence-electron chi connectivity index (χ1n) is 9.46. The molecule has 0 radical (unpaired) electrons. The Balaban J connectivity index is 1.46. The molecular weight excluding hydrogens is 308 g/mol. The summed E-state index contributed by atoms with van der Waals surface area (Å²) in [7, 11) is 0. The minimum atomic E-state index is 0.355. The van der Waals surface area contributed by atoms with E-state index in [4.69, 9.17) is 4.74 Å².